The molecule has 0 aliphatic carbocycles. The van der Waals surface area contributed by atoms with Gasteiger partial charge in [0.25, 0.3) is 0 Å². The summed E-state index contributed by atoms with van der Waals surface area (Å²) in [5, 5.41) is 0. The van der Waals surface area contributed by atoms with Crippen LogP contribution in [-0.2, 0) is 0 Å². The second kappa shape index (κ2) is 3.45. The van der Waals surface area contributed by atoms with Gasteiger partial charge in [0.15, 0.2) is 0 Å². The third-order valence-corrected chi connectivity index (χ3v) is 4.65. The van der Waals surface area contributed by atoms with Crippen LogP contribution in [0, 0.1) is 0 Å². The van der Waals surface area contributed by atoms with Crippen molar-refractivity contribution in [1.29, 1.82) is 0 Å². The van der Waals surface area contributed by atoms with Gasteiger partial charge in [-0.25, -0.2) is 0 Å². The van der Waals surface area contributed by atoms with Gasteiger partial charge in [0, 0.05) is 0 Å². The minimum atomic E-state index is -0.923. The van der Waals surface area contributed by atoms with Crippen LogP contribution in [0.1, 0.15) is 19.3 Å². The van der Waals surface area contributed by atoms with E-state index in [9.17, 15) is 0 Å². The Bertz CT molecular complexity index is 105. The van der Waals surface area contributed by atoms with E-state index in [1.54, 1.807) is 0 Å². The summed E-state index contributed by atoms with van der Waals surface area (Å²) in [7, 11) is 0. The third-order valence-electron chi connectivity index (χ3n) is 2.30. The second-order valence-corrected chi connectivity index (χ2v) is 9.19. The summed E-state index contributed by atoms with van der Waals surface area (Å²) in [6.45, 7) is 6.70. The quantitative estimate of drug-likeness (QED) is 0.509. The van der Waals surface area contributed by atoms with Crippen LogP contribution in [0.25, 0.3) is 0 Å². The molecule has 0 amide bonds. The SMILES string of the molecule is [Li][Si](C)(C)N1CCCCC1. The molecular formula is C7H16LiNSi. The maximum absolute atomic E-state index is 2.72. The van der Waals surface area contributed by atoms with Crippen molar-refractivity contribution in [1.82, 2.24) is 4.57 Å². The van der Waals surface area contributed by atoms with Gasteiger partial charge in [-0.1, -0.05) is 0 Å². The van der Waals surface area contributed by atoms with Gasteiger partial charge in [0.2, 0.25) is 0 Å². The second-order valence-electron chi connectivity index (χ2n) is 4.22. The molecule has 1 aliphatic heterocycles. The first-order valence-electron chi connectivity index (χ1n) is 4.36. The van der Waals surface area contributed by atoms with Crippen molar-refractivity contribution in [3.63, 3.8) is 0 Å². The van der Waals surface area contributed by atoms with E-state index < -0.39 is 6.56 Å². The molecule has 1 aliphatic rings. The molecule has 1 rings (SSSR count). The normalized spacial score (nSPS) is 23.2. The molecule has 1 nitrogen and oxygen atoms in total. The Morgan fingerprint density at radius 1 is 1.10 bits per heavy atom. The number of nitrogens with zero attached hydrogens (tertiary/aromatic N) is 1. The number of piperidine rings is 1. The first-order valence-corrected chi connectivity index (χ1v) is 7.80. The van der Waals surface area contributed by atoms with Crippen LogP contribution in [0.3, 0.4) is 0 Å². The summed E-state index contributed by atoms with van der Waals surface area (Å²) in [6.07, 6.45) is 4.33. The maximum atomic E-state index is 2.72. The standard InChI is InChI=1S/C7H16NSi.Li/c1-9(2)8-6-4-3-5-7-8;/h3-7H2,1-2H3;. The Hall–Kier alpha value is 0.774. The zero-order chi connectivity index (χ0) is 7.61. The Morgan fingerprint density at radius 2 is 1.60 bits per heavy atom. The first-order chi connectivity index (χ1) is 4.61. The van der Waals surface area contributed by atoms with Gasteiger partial charge >= 0.3 is 73.6 Å². The Balaban J connectivity index is 2.39. The van der Waals surface area contributed by atoms with Crippen molar-refractivity contribution >= 4 is 23.6 Å². The van der Waals surface area contributed by atoms with E-state index in [4.69, 9.17) is 0 Å². The van der Waals surface area contributed by atoms with Gasteiger partial charge in [-0.05, 0) is 0 Å². The topological polar surface area (TPSA) is 3.24 Å². The van der Waals surface area contributed by atoms with Crippen LogP contribution in [0.4, 0.5) is 0 Å². The van der Waals surface area contributed by atoms with Crippen molar-refractivity contribution < 1.29 is 0 Å². The fourth-order valence-corrected chi connectivity index (χ4v) is 3.22. The Morgan fingerprint density at radius 3 is 1.90 bits per heavy atom. The van der Waals surface area contributed by atoms with Gasteiger partial charge in [0.1, 0.15) is 0 Å². The molecule has 1 heterocycles. The number of hydrogen-bond donors (Lipinski definition) is 0. The molecule has 0 N–H and O–H groups in total. The molecule has 1 saturated heterocycles. The molecule has 0 unspecified atom stereocenters. The molecule has 54 valence electrons. The predicted octanol–water partition coefficient (Wildman–Crippen LogP) is 1.34. The van der Waals surface area contributed by atoms with E-state index in [1.165, 1.54) is 32.4 Å². The summed E-state index contributed by atoms with van der Waals surface area (Å²) in [6, 6.07) is 0. The summed E-state index contributed by atoms with van der Waals surface area (Å²) in [5.74, 6) is 0. The summed E-state index contributed by atoms with van der Waals surface area (Å²) >= 11 is 2.44. The molecule has 0 aromatic rings. The molecule has 0 bridgehead atoms. The third kappa shape index (κ3) is 2.43. The van der Waals surface area contributed by atoms with Crippen molar-refractivity contribution in [2.45, 2.75) is 32.4 Å². The Kier molecular flexibility index (Phi) is 3.06. The molecule has 0 aromatic heterocycles. The summed E-state index contributed by atoms with van der Waals surface area (Å²) < 4.78 is 2.72. The van der Waals surface area contributed by atoms with E-state index in [2.05, 4.69) is 34.7 Å². The van der Waals surface area contributed by atoms with Gasteiger partial charge in [-0.15, -0.1) is 0 Å². The fraction of sp³-hybridized carbons (Fsp3) is 1.00. The molecule has 0 aromatic carbocycles. The van der Waals surface area contributed by atoms with E-state index >= 15 is 0 Å². The molecule has 0 atom stereocenters. The van der Waals surface area contributed by atoms with Crippen LogP contribution in [0.2, 0.25) is 13.1 Å². The number of hydrogen-bond acceptors (Lipinski definition) is 1. The van der Waals surface area contributed by atoms with Crippen molar-refractivity contribution in [3.8, 4) is 0 Å². The molecular weight excluding hydrogens is 133 g/mol. The van der Waals surface area contributed by atoms with E-state index in [0.717, 1.165) is 0 Å². The fourth-order valence-electron chi connectivity index (χ4n) is 1.56. The van der Waals surface area contributed by atoms with Gasteiger partial charge < -0.3 is 0 Å². The molecule has 0 saturated carbocycles. The molecule has 0 radical (unpaired) electrons. The first kappa shape index (κ1) is 8.87. The van der Waals surface area contributed by atoms with Gasteiger partial charge in [-0.3, -0.25) is 0 Å². The number of rotatable bonds is 1. The van der Waals surface area contributed by atoms with Gasteiger partial charge in [0.05, 0.1) is 0 Å². The molecule has 10 heavy (non-hydrogen) atoms. The zero-order valence-electron chi connectivity index (χ0n) is 7.48. The van der Waals surface area contributed by atoms with Crippen molar-refractivity contribution in [2.24, 2.45) is 0 Å². The molecule has 0 spiro atoms. The zero-order valence-corrected chi connectivity index (χ0v) is 8.48. The van der Waals surface area contributed by atoms with Crippen LogP contribution in [0.15, 0.2) is 0 Å². The van der Waals surface area contributed by atoms with Gasteiger partial charge in [-0.2, -0.15) is 0 Å². The van der Waals surface area contributed by atoms with Crippen molar-refractivity contribution in [2.75, 3.05) is 13.1 Å². The average molecular weight is 149 g/mol. The minimum absolute atomic E-state index is 0.923. The molecule has 3 heteroatoms. The monoisotopic (exact) mass is 149 g/mol. The summed E-state index contributed by atoms with van der Waals surface area (Å²) in [5.41, 5.74) is 0. The molecule has 1 fully saturated rings. The average Bonchev–Trinajstić information content (AvgIpc) is 1.88. The van der Waals surface area contributed by atoms with E-state index in [1.807, 2.05) is 0 Å². The van der Waals surface area contributed by atoms with Crippen LogP contribution >= 0.6 is 0 Å². The van der Waals surface area contributed by atoms with Crippen molar-refractivity contribution in [3.05, 3.63) is 0 Å². The van der Waals surface area contributed by atoms with E-state index in [-0.39, 0.29) is 0 Å². The predicted molar refractivity (Wildman–Crippen MR) is 48.7 cm³/mol. The Labute approximate surface area is 73.8 Å². The summed E-state index contributed by atoms with van der Waals surface area (Å²) in [4.78, 5) is 0. The van der Waals surface area contributed by atoms with Crippen LogP contribution in [0.5, 0.6) is 0 Å². The van der Waals surface area contributed by atoms with E-state index in [0.29, 0.717) is 0 Å². The van der Waals surface area contributed by atoms with Crippen LogP contribution < -0.4 is 0 Å². The van der Waals surface area contributed by atoms with Crippen LogP contribution in [-0.4, -0.2) is 41.2 Å².